The van der Waals surface area contributed by atoms with Crippen molar-refractivity contribution in [3.8, 4) is 0 Å². The van der Waals surface area contributed by atoms with Crippen LogP contribution in [0.3, 0.4) is 0 Å². The van der Waals surface area contributed by atoms with Crippen molar-refractivity contribution in [3.63, 3.8) is 0 Å². The maximum Gasteiger partial charge on any atom is 0.323 e. The molecule has 2 saturated carbocycles. The average Bonchev–Trinajstić information content (AvgIpc) is 3.17. The highest BCUT2D eigenvalue weighted by Gasteiger charge is 2.58. The van der Waals surface area contributed by atoms with Gasteiger partial charge < -0.3 is 9.47 Å². The second kappa shape index (κ2) is 6.34. The second-order valence-corrected chi connectivity index (χ2v) is 7.58. The lowest BCUT2D eigenvalue weighted by molar-refractivity contribution is -0.169. The smallest absolute Gasteiger partial charge is 0.323 e. The lowest BCUT2D eigenvalue weighted by Gasteiger charge is -2.27. The van der Waals surface area contributed by atoms with E-state index in [0.29, 0.717) is 31.6 Å². The molecule has 0 amide bonds. The number of ether oxygens (including phenoxy) is 2. The molecular formula is C19H26O5. The van der Waals surface area contributed by atoms with Crippen LogP contribution in [-0.2, 0) is 23.9 Å². The van der Waals surface area contributed by atoms with Crippen molar-refractivity contribution in [2.45, 2.75) is 51.9 Å². The molecule has 0 heterocycles. The first-order valence-electron chi connectivity index (χ1n) is 8.81. The van der Waals surface area contributed by atoms with Crippen LogP contribution in [0.25, 0.3) is 0 Å². The third kappa shape index (κ3) is 2.58. The monoisotopic (exact) mass is 334 g/mol. The Bertz CT molecular complexity index is 587. The number of esters is 2. The van der Waals surface area contributed by atoms with Crippen molar-refractivity contribution >= 4 is 17.7 Å². The van der Waals surface area contributed by atoms with E-state index in [4.69, 9.17) is 9.47 Å². The highest BCUT2D eigenvalue weighted by atomic mass is 16.5. The van der Waals surface area contributed by atoms with E-state index in [2.05, 4.69) is 6.92 Å². The molecule has 3 aliphatic rings. The van der Waals surface area contributed by atoms with E-state index in [0.717, 1.165) is 19.3 Å². The van der Waals surface area contributed by atoms with Crippen molar-refractivity contribution in [1.29, 1.82) is 0 Å². The molecule has 2 fully saturated rings. The minimum absolute atomic E-state index is 0.0183. The number of methoxy groups -OCH3 is 2. The van der Waals surface area contributed by atoms with Crippen LogP contribution < -0.4 is 0 Å². The molecule has 0 saturated heterocycles. The summed E-state index contributed by atoms with van der Waals surface area (Å²) < 4.78 is 9.87. The zero-order valence-corrected chi connectivity index (χ0v) is 14.7. The van der Waals surface area contributed by atoms with Crippen LogP contribution in [0.2, 0.25) is 0 Å². The number of carbonyl (C=O) groups is 3. The quantitative estimate of drug-likeness (QED) is 0.441. The first kappa shape index (κ1) is 17.2. The van der Waals surface area contributed by atoms with E-state index in [-0.39, 0.29) is 17.6 Å². The first-order chi connectivity index (χ1) is 11.4. The summed E-state index contributed by atoms with van der Waals surface area (Å²) in [5.41, 5.74) is 1.42. The Balaban J connectivity index is 2.02. The molecule has 3 rings (SSSR count). The molecule has 0 spiro atoms. The normalized spacial score (nSPS) is 34.8. The van der Waals surface area contributed by atoms with Crippen LogP contribution in [-0.4, -0.2) is 31.9 Å². The summed E-state index contributed by atoms with van der Waals surface area (Å²) in [5.74, 6) is -0.339. The Morgan fingerprint density at radius 3 is 2.38 bits per heavy atom. The van der Waals surface area contributed by atoms with Crippen LogP contribution in [0.1, 0.15) is 51.9 Å². The molecule has 0 unspecified atom stereocenters. The topological polar surface area (TPSA) is 69.7 Å². The molecule has 5 nitrogen and oxygen atoms in total. The van der Waals surface area contributed by atoms with Gasteiger partial charge >= 0.3 is 11.9 Å². The van der Waals surface area contributed by atoms with Gasteiger partial charge in [-0.1, -0.05) is 11.1 Å². The maximum atomic E-state index is 12.5. The van der Waals surface area contributed by atoms with Gasteiger partial charge in [-0.2, -0.15) is 0 Å². The van der Waals surface area contributed by atoms with Crippen molar-refractivity contribution in [1.82, 2.24) is 0 Å². The van der Waals surface area contributed by atoms with Gasteiger partial charge in [0.05, 0.1) is 14.2 Å². The summed E-state index contributed by atoms with van der Waals surface area (Å²) >= 11 is 0. The van der Waals surface area contributed by atoms with Crippen molar-refractivity contribution in [3.05, 3.63) is 11.1 Å². The summed E-state index contributed by atoms with van der Waals surface area (Å²) in [6, 6.07) is 0. The van der Waals surface area contributed by atoms with Gasteiger partial charge in [0.15, 0.2) is 5.41 Å². The third-order valence-electron chi connectivity index (χ3n) is 6.42. The molecule has 0 aromatic rings. The Kier molecular flexibility index (Phi) is 4.54. The molecule has 0 bridgehead atoms. The molecular weight excluding hydrogens is 308 g/mol. The highest BCUT2D eigenvalue weighted by Crippen LogP contribution is 2.54. The van der Waals surface area contributed by atoms with E-state index < -0.39 is 17.4 Å². The number of Topliss-reactive ketones (excluding diaryl/α,β-unsaturated/α-hetero) is 1. The highest BCUT2D eigenvalue weighted by molar-refractivity contribution is 6.00. The largest absolute Gasteiger partial charge is 0.468 e. The van der Waals surface area contributed by atoms with Crippen LogP contribution >= 0.6 is 0 Å². The maximum absolute atomic E-state index is 12.5. The molecule has 3 aliphatic carbocycles. The van der Waals surface area contributed by atoms with Gasteiger partial charge in [-0.05, 0) is 56.8 Å². The Hall–Kier alpha value is -1.65. The molecule has 0 aliphatic heterocycles. The van der Waals surface area contributed by atoms with Gasteiger partial charge in [-0.3, -0.25) is 14.4 Å². The summed E-state index contributed by atoms with van der Waals surface area (Å²) in [4.78, 5) is 37.3. The van der Waals surface area contributed by atoms with Crippen molar-refractivity contribution in [2.24, 2.45) is 23.2 Å². The Morgan fingerprint density at radius 2 is 1.75 bits per heavy atom. The lowest BCUT2D eigenvalue weighted by Crippen LogP contribution is -2.39. The fourth-order valence-electron chi connectivity index (χ4n) is 5.29. The van der Waals surface area contributed by atoms with E-state index in [9.17, 15) is 14.4 Å². The van der Waals surface area contributed by atoms with E-state index in [1.807, 2.05) is 0 Å². The van der Waals surface area contributed by atoms with Gasteiger partial charge in [0.2, 0.25) is 0 Å². The molecule has 3 atom stereocenters. The van der Waals surface area contributed by atoms with Crippen LogP contribution in [0.5, 0.6) is 0 Å². The Labute approximate surface area is 142 Å². The molecule has 5 heteroatoms. The fraction of sp³-hybridized carbons (Fsp3) is 0.737. The molecule has 24 heavy (non-hydrogen) atoms. The number of hydrogen-bond donors (Lipinski definition) is 0. The van der Waals surface area contributed by atoms with Gasteiger partial charge in [0.25, 0.3) is 0 Å². The number of carbonyl (C=O) groups excluding carboxylic acids is 3. The van der Waals surface area contributed by atoms with Crippen molar-refractivity contribution in [2.75, 3.05) is 14.2 Å². The first-order valence-corrected chi connectivity index (χ1v) is 8.81. The average molecular weight is 334 g/mol. The molecule has 0 radical (unpaired) electrons. The second-order valence-electron chi connectivity index (χ2n) is 7.58. The summed E-state index contributed by atoms with van der Waals surface area (Å²) in [7, 11) is 2.60. The van der Waals surface area contributed by atoms with Gasteiger partial charge in [-0.15, -0.1) is 0 Å². The predicted octanol–water partition coefficient (Wildman–Crippen LogP) is 2.82. The third-order valence-corrected chi connectivity index (χ3v) is 6.42. The number of allylic oxidation sites excluding steroid dienone is 2. The van der Waals surface area contributed by atoms with Crippen LogP contribution in [0.15, 0.2) is 11.1 Å². The van der Waals surface area contributed by atoms with E-state index in [1.165, 1.54) is 25.4 Å². The van der Waals surface area contributed by atoms with Crippen molar-refractivity contribution < 1.29 is 23.9 Å². The minimum Gasteiger partial charge on any atom is -0.468 e. The number of hydrogen-bond acceptors (Lipinski definition) is 5. The Morgan fingerprint density at radius 1 is 1.08 bits per heavy atom. The number of ketones is 1. The summed E-state index contributed by atoms with van der Waals surface area (Å²) in [6.45, 7) is 2.13. The predicted molar refractivity (Wildman–Crippen MR) is 87.0 cm³/mol. The van der Waals surface area contributed by atoms with Gasteiger partial charge in [-0.25, -0.2) is 0 Å². The minimum atomic E-state index is -1.26. The molecule has 132 valence electrons. The van der Waals surface area contributed by atoms with Gasteiger partial charge in [0.1, 0.15) is 5.78 Å². The van der Waals surface area contributed by atoms with Gasteiger partial charge in [0, 0.05) is 12.8 Å². The zero-order chi connectivity index (χ0) is 17.5. The van der Waals surface area contributed by atoms with E-state index in [1.54, 1.807) is 0 Å². The number of fused-ring (bicyclic) bond motifs is 2. The molecule has 0 aromatic carbocycles. The number of rotatable bonds is 2. The van der Waals surface area contributed by atoms with Crippen LogP contribution in [0.4, 0.5) is 0 Å². The van der Waals surface area contributed by atoms with E-state index >= 15 is 0 Å². The molecule has 0 aromatic heterocycles. The summed E-state index contributed by atoms with van der Waals surface area (Å²) in [5, 5.41) is 0. The lowest BCUT2D eigenvalue weighted by atomic mass is 9.77. The molecule has 0 N–H and O–H groups in total. The zero-order valence-electron chi connectivity index (χ0n) is 14.7. The fourth-order valence-corrected chi connectivity index (χ4v) is 5.29. The SMILES string of the molecule is COC(=O)C1(C(=O)OC)C[C@@H]2CC(=O)C[C@@H]3CCC/C3=C(\C)[C@@H]2C1. The van der Waals surface area contributed by atoms with Crippen LogP contribution in [0, 0.1) is 23.2 Å². The summed E-state index contributed by atoms with van der Waals surface area (Å²) in [6.07, 6.45) is 5.04. The standard InChI is InChI=1S/C19H26O5/c1-11-15-6-4-5-12(15)7-14(20)8-13-9-19(10-16(11)13,17(21)23-2)18(22)24-3/h12-13,16H,4-10H2,1-3H3/b15-11-/t12-,13-,16-/m0/s1.